The second kappa shape index (κ2) is 15.7. The highest BCUT2D eigenvalue weighted by Gasteiger charge is 2.30. The summed E-state index contributed by atoms with van der Waals surface area (Å²) >= 11 is 2.95. The molecule has 0 aliphatic carbocycles. The molecular formula is C17H30N4O8S2. The molecule has 0 aliphatic heterocycles. The lowest BCUT2D eigenvalue weighted by atomic mass is 10.1. The molecule has 0 aromatic rings. The Morgan fingerprint density at radius 3 is 1.77 bits per heavy atom. The number of carbonyl (C=O) groups is 5. The summed E-state index contributed by atoms with van der Waals surface area (Å²) < 4.78 is 0. The average molecular weight is 483 g/mol. The molecular weight excluding hydrogens is 452 g/mol. The molecule has 4 unspecified atom stereocenters. The number of carboxylic acid groups (broad SMARTS) is 2. The van der Waals surface area contributed by atoms with E-state index < -0.39 is 66.9 Å². The van der Waals surface area contributed by atoms with Crippen LogP contribution in [0.1, 0.15) is 19.3 Å². The van der Waals surface area contributed by atoms with E-state index >= 15 is 0 Å². The summed E-state index contributed by atoms with van der Waals surface area (Å²) in [7, 11) is 0. The largest absolute Gasteiger partial charge is 0.481 e. The molecule has 178 valence electrons. The maximum atomic E-state index is 12.6. The second-order valence-corrected chi connectivity index (χ2v) is 8.44. The average Bonchev–Trinajstić information content (AvgIpc) is 2.71. The van der Waals surface area contributed by atoms with Gasteiger partial charge in [0.05, 0.1) is 19.1 Å². The number of nitrogens with two attached hydrogens (primary N) is 1. The van der Waals surface area contributed by atoms with Crippen LogP contribution in [-0.4, -0.2) is 99.8 Å². The number of hydrogen-bond donors (Lipinski definition) is 7. The van der Waals surface area contributed by atoms with Crippen molar-refractivity contribution in [1.82, 2.24) is 16.0 Å². The number of aliphatic carboxylic acids is 2. The third-order valence-corrected chi connectivity index (χ3v) is 5.31. The molecule has 0 aliphatic rings. The van der Waals surface area contributed by atoms with Crippen LogP contribution in [-0.2, 0) is 24.0 Å². The maximum Gasteiger partial charge on any atom is 0.326 e. The van der Waals surface area contributed by atoms with Crippen LogP contribution in [0, 0.1) is 0 Å². The molecule has 4 atom stereocenters. The molecule has 12 nitrogen and oxygen atoms in total. The van der Waals surface area contributed by atoms with Crippen LogP contribution in [0.2, 0.25) is 0 Å². The molecule has 8 N–H and O–H groups in total. The zero-order chi connectivity index (χ0) is 24.0. The number of nitrogens with one attached hydrogen (secondary N) is 3. The Kier molecular flexibility index (Phi) is 14.7. The number of hydrogen-bond acceptors (Lipinski definition) is 9. The summed E-state index contributed by atoms with van der Waals surface area (Å²) in [5.41, 5.74) is 5.81. The first-order valence-corrected chi connectivity index (χ1v) is 12.1. The normalized spacial score (nSPS) is 14.6. The van der Waals surface area contributed by atoms with Crippen LogP contribution in [0.4, 0.5) is 0 Å². The van der Waals surface area contributed by atoms with E-state index in [0.717, 1.165) is 0 Å². The van der Waals surface area contributed by atoms with Gasteiger partial charge in [0.2, 0.25) is 17.7 Å². The standard InChI is InChI=1S/C17H30N4O8S2/c1-30-5-3-9(18)14(25)19-10(4-6-31-2)15(26)21-12(8-22)16(27)20-11(17(28)29)7-13(23)24/h9-12,22H,3-8,18H2,1-2H3,(H,19,25)(H,20,27)(H,21,26)(H,23,24)(H,28,29). The lowest BCUT2D eigenvalue weighted by Gasteiger charge is -2.24. The molecule has 0 heterocycles. The second-order valence-electron chi connectivity index (χ2n) is 6.47. The first-order valence-electron chi connectivity index (χ1n) is 9.27. The van der Waals surface area contributed by atoms with Gasteiger partial charge in [0.15, 0.2) is 0 Å². The van der Waals surface area contributed by atoms with Crippen LogP contribution in [0.25, 0.3) is 0 Å². The number of aliphatic hydroxyl groups excluding tert-OH is 1. The zero-order valence-electron chi connectivity index (χ0n) is 17.3. The lowest BCUT2D eigenvalue weighted by molar-refractivity contribution is -0.147. The van der Waals surface area contributed by atoms with Gasteiger partial charge in [0, 0.05) is 0 Å². The predicted octanol–water partition coefficient (Wildman–Crippen LogP) is -2.17. The van der Waals surface area contributed by atoms with Crippen molar-refractivity contribution in [2.45, 2.75) is 43.4 Å². The molecule has 0 bridgehead atoms. The number of rotatable bonds is 16. The van der Waals surface area contributed by atoms with E-state index in [-0.39, 0.29) is 6.42 Å². The van der Waals surface area contributed by atoms with Gasteiger partial charge < -0.3 is 37.0 Å². The minimum absolute atomic E-state index is 0.227. The summed E-state index contributed by atoms with van der Waals surface area (Å²) in [4.78, 5) is 58.9. The molecule has 0 aromatic heterocycles. The predicted molar refractivity (Wildman–Crippen MR) is 117 cm³/mol. The zero-order valence-corrected chi connectivity index (χ0v) is 19.0. The monoisotopic (exact) mass is 482 g/mol. The van der Waals surface area contributed by atoms with Crippen molar-refractivity contribution in [2.24, 2.45) is 5.73 Å². The van der Waals surface area contributed by atoms with Gasteiger partial charge in [-0.3, -0.25) is 19.2 Å². The van der Waals surface area contributed by atoms with E-state index in [1.165, 1.54) is 23.5 Å². The molecule has 14 heteroatoms. The van der Waals surface area contributed by atoms with E-state index in [1.807, 2.05) is 11.6 Å². The SMILES string of the molecule is CSCCC(N)C(=O)NC(CCSC)C(=O)NC(CO)C(=O)NC(CC(=O)O)C(=O)O. The van der Waals surface area contributed by atoms with E-state index in [1.54, 1.807) is 6.26 Å². The van der Waals surface area contributed by atoms with Crippen molar-refractivity contribution in [3.8, 4) is 0 Å². The smallest absolute Gasteiger partial charge is 0.326 e. The van der Waals surface area contributed by atoms with Crippen LogP contribution in [0.3, 0.4) is 0 Å². The third kappa shape index (κ3) is 11.8. The van der Waals surface area contributed by atoms with Crippen molar-refractivity contribution in [1.29, 1.82) is 0 Å². The molecule has 0 rings (SSSR count). The molecule has 31 heavy (non-hydrogen) atoms. The van der Waals surface area contributed by atoms with E-state index in [4.69, 9.17) is 15.9 Å². The highest BCUT2D eigenvalue weighted by molar-refractivity contribution is 7.98. The molecule has 3 amide bonds. The van der Waals surface area contributed by atoms with E-state index in [9.17, 15) is 29.1 Å². The molecule has 0 saturated carbocycles. The summed E-state index contributed by atoms with van der Waals surface area (Å²) in [6.45, 7) is -0.868. The number of carboxylic acids is 2. The van der Waals surface area contributed by atoms with E-state index in [2.05, 4.69) is 10.6 Å². The summed E-state index contributed by atoms with van der Waals surface area (Å²) in [6.07, 6.45) is 3.42. The fourth-order valence-corrected chi connectivity index (χ4v) is 3.23. The van der Waals surface area contributed by atoms with Crippen molar-refractivity contribution in [3.63, 3.8) is 0 Å². The van der Waals surface area contributed by atoms with Gasteiger partial charge in [-0.15, -0.1) is 0 Å². The highest BCUT2D eigenvalue weighted by atomic mass is 32.2. The Morgan fingerprint density at radius 2 is 1.29 bits per heavy atom. The van der Waals surface area contributed by atoms with Gasteiger partial charge in [-0.05, 0) is 36.9 Å². The maximum absolute atomic E-state index is 12.6. The summed E-state index contributed by atoms with van der Waals surface area (Å²) in [5, 5.41) is 33.9. The number of aliphatic hydroxyl groups is 1. The fourth-order valence-electron chi connectivity index (χ4n) is 2.27. The first kappa shape index (κ1) is 29.0. The van der Waals surface area contributed by atoms with Crippen molar-refractivity contribution in [3.05, 3.63) is 0 Å². The highest BCUT2D eigenvalue weighted by Crippen LogP contribution is 2.04. The van der Waals surface area contributed by atoms with Gasteiger partial charge in [-0.2, -0.15) is 23.5 Å². The van der Waals surface area contributed by atoms with Crippen LogP contribution >= 0.6 is 23.5 Å². The Bertz CT molecular complexity index is 637. The topological polar surface area (TPSA) is 208 Å². The van der Waals surface area contributed by atoms with Crippen LogP contribution < -0.4 is 21.7 Å². The van der Waals surface area contributed by atoms with Crippen LogP contribution in [0.15, 0.2) is 0 Å². The first-order chi connectivity index (χ1) is 14.6. The molecule has 0 aromatic carbocycles. The molecule has 0 radical (unpaired) electrons. The minimum Gasteiger partial charge on any atom is -0.481 e. The Hall–Kier alpha value is -2.03. The summed E-state index contributed by atoms with van der Waals surface area (Å²) in [5.74, 6) is -4.24. The Labute approximate surface area is 188 Å². The third-order valence-electron chi connectivity index (χ3n) is 4.02. The van der Waals surface area contributed by atoms with E-state index in [0.29, 0.717) is 17.9 Å². The quantitative estimate of drug-likeness (QED) is 0.126. The van der Waals surface area contributed by atoms with Crippen molar-refractivity contribution < 1.29 is 39.3 Å². The van der Waals surface area contributed by atoms with Crippen molar-refractivity contribution in [2.75, 3.05) is 30.6 Å². The molecule has 0 spiro atoms. The minimum atomic E-state index is -1.74. The van der Waals surface area contributed by atoms with Crippen LogP contribution in [0.5, 0.6) is 0 Å². The Balaban J connectivity index is 5.16. The number of thioether (sulfide) groups is 2. The fraction of sp³-hybridized carbons (Fsp3) is 0.706. The van der Waals surface area contributed by atoms with Gasteiger partial charge in [0.25, 0.3) is 0 Å². The summed E-state index contributed by atoms with van der Waals surface area (Å²) in [6, 6.07) is -5.13. The lowest BCUT2D eigenvalue weighted by Crippen LogP contribution is -2.58. The number of carbonyl (C=O) groups excluding carboxylic acids is 3. The Morgan fingerprint density at radius 1 is 0.806 bits per heavy atom. The van der Waals surface area contributed by atoms with Crippen molar-refractivity contribution >= 4 is 53.2 Å². The van der Waals surface area contributed by atoms with Gasteiger partial charge in [0.1, 0.15) is 18.1 Å². The molecule has 0 fully saturated rings. The van der Waals surface area contributed by atoms with Gasteiger partial charge in [-0.25, -0.2) is 4.79 Å². The number of amides is 3. The van der Waals surface area contributed by atoms with Gasteiger partial charge in [-0.1, -0.05) is 0 Å². The van der Waals surface area contributed by atoms with Gasteiger partial charge >= 0.3 is 11.9 Å². The molecule has 0 saturated heterocycles.